The van der Waals surface area contributed by atoms with Gasteiger partial charge in [-0.1, -0.05) is 12.1 Å². The predicted octanol–water partition coefficient (Wildman–Crippen LogP) is 2.71. The van der Waals surface area contributed by atoms with Crippen molar-refractivity contribution in [2.45, 2.75) is 33.3 Å². The molecule has 4 nitrogen and oxygen atoms in total. The number of ether oxygens (including phenoxy) is 1. The second kappa shape index (κ2) is 6.14. The van der Waals surface area contributed by atoms with E-state index in [0.717, 1.165) is 11.3 Å². The Balaban J connectivity index is 2.67. The summed E-state index contributed by atoms with van der Waals surface area (Å²) in [5.74, 6) is -0.347. The monoisotopic (exact) mass is 258 g/mol. The lowest BCUT2D eigenvalue weighted by molar-refractivity contribution is -0.152. The number of hydrogen-bond acceptors (Lipinski definition) is 4. The summed E-state index contributed by atoms with van der Waals surface area (Å²) >= 11 is 0. The first kappa shape index (κ1) is 14.9. The molecular weight excluding hydrogens is 240 g/mol. The summed E-state index contributed by atoms with van der Waals surface area (Å²) < 4.78 is 5.17. The first-order valence-electron chi connectivity index (χ1n) is 6.05. The number of carbonyl (C=O) groups is 1. The maximum atomic E-state index is 11.5. The van der Waals surface area contributed by atoms with Crippen molar-refractivity contribution < 1.29 is 9.53 Å². The summed E-state index contributed by atoms with van der Waals surface area (Å²) in [6.07, 6.45) is 0. The molecule has 0 radical (unpaired) electrons. The van der Waals surface area contributed by atoms with E-state index in [4.69, 9.17) is 10.00 Å². The molecule has 100 valence electrons. The fourth-order valence-electron chi connectivity index (χ4n) is 1.43. The number of nitrogens with zero attached hydrogens (tertiary/aromatic N) is 2. The van der Waals surface area contributed by atoms with E-state index in [9.17, 15) is 4.79 Å². The van der Waals surface area contributed by atoms with Gasteiger partial charge in [0, 0.05) is 5.71 Å². The molecule has 0 unspecified atom stereocenters. The maximum absolute atomic E-state index is 11.5. The lowest BCUT2D eigenvalue weighted by Gasteiger charge is -2.18. The van der Waals surface area contributed by atoms with Gasteiger partial charge in [-0.15, -0.1) is 0 Å². The zero-order chi connectivity index (χ0) is 14.5. The molecule has 1 aromatic rings. The molecule has 0 fully saturated rings. The molecule has 0 heterocycles. The summed E-state index contributed by atoms with van der Waals surface area (Å²) in [5.41, 5.74) is 1.75. The Morgan fingerprint density at radius 2 is 1.89 bits per heavy atom. The Morgan fingerprint density at radius 3 is 2.37 bits per heavy atom. The number of esters is 1. The van der Waals surface area contributed by atoms with E-state index in [1.165, 1.54) is 0 Å². The number of aliphatic imine (C=N–C) groups is 1. The van der Waals surface area contributed by atoms with Crippen molar-refractivity contribution in [2.24, 2.45) is 4.99 Å². The van der Waals surface area contributed by atoms with Gasteiger partial charge in [0.2, 0.25) is 0 Å². The minimum Gasteiger partial charge on any atom is -0.459 e. The molecule has 0 atom stereocenters. The van der Waals surface area contributed by atoms with Crippen LogP contribution in [0.2, 0.25) is 0 Å². The zero-order valence-corrected chi connectivity index (χ0v) is 11.7. The first-order chi connectivity index (χ1) is 8.81. The number of benzene rings is 1. The highest BCUT2D eigenvalue weighted by molar-refractivity contribution is 5.99. The van der Waals surface area contributed by atoms with Crippen LogP contribution >= 0.6 is 0 Å². The smallest absolute Gasteiger partial charge is 0.328 e. The average molecular weight is 258 g/mol. The largest absolute Gasteiger partial charge is 0.459 e. The van der Waals surface area contributed by atoms with Crippen molar-refractivity contribution in [1.82, 2.24) is 0 Å². The Labute approximate surface area is 113 Å². The van der Waals surface area contributed by atoms with Gasteiger partial charge >= 0.3 is 5.97 Å². The van der Waals surface area contributed by atoms with Gasteiger partial charge in [0.05, 0.1) is 11.6 Å². The van der Waals surface area contributed by atoms with Crippen LogP contribution in [0.25, 0.3) is 0 Å². The second-order valence-corrected chi connectivity index (χ2v) is 5.18. The van der Waals surface area contributed by atoms with Crippen LogP contribution in [0.5, 0.6) is 0 Å². The summed E-state index contributed by atoms with van der Waals surface area (Å²) in [5, 5.41) is 8.71. The molecule has 0 saturated carbocycles. The van der Waals surface area contributed by atoms with Gasteiger partial charge in [0.15, 0.2) is 0 Å². The number of rotatable bonds is 3. The van der Waals surface area contributed by atoms with Gasteiger partial charge in [0.25, 0.3) is 0 Å². The van der Waals surface area contributed by atoms with Gasteiger partial charge in [-0.05, 0) is 45.4 Å². The van der Waals surface area contributed by atoms with Crippen LogP contribution in [0.1, 0.15) is 38.8 Å². The fraction of sp³-hybridized carbons (Fsp3) is 0.400. The molecule has 0 amide bonds. The van der Waals surface area contributed by atoms with Crippen molar-refractivity contribution in [3.8, 4) is 6.07 Å². The second-order valence-electron chi connectivity index (χ2n) is 5.18. The number of nitriles is 1. The Morgan fingerprint density at radius 1 is 1.32 bits per heavy atom. The Kier molecular flexibility index (Phi) is 4.82. The molecule has 4 heteroatoms. The molecule has 0 bridgehead atoms. The molecule has 0 N–H and O–H groups in total. The van der Waals surface area contributed by atoms with Gasteiger partial charge < -0.3 is 4.74 Å². The van der Waals surface area contributed by atoms with E-state index >= 15 is 0 Å². The lowest BCUT2D eigenvalue weighted by Crippen LogP contribution is -2.25. The molecule has 0 aliphatic rings. The maximum Gasteiger partial charge on any atom is 0.328 e. The minimum absolute atomic E-state index is 0.00308. The molecule has 0 saturated heterocycles. The molecular formula is C15H18N2O2. The van der Waals surface area contributed by atoms with Gasteiger partial charge in [-0.2, -0.15) is 5.26 Å². The fourth-order valence-corrected chi connectivity index (χ4v) is 1.43. The highest BCUT2D eigenvalue weighted by atomic mass is 16.6. The zero-order valence-electron chi connectivity index (χ0n) is 11.7. The van der Waals surface area contributed by atoms with Crippen LogP contribution in [-0.2, 0) is 9.53 Å². The third-order valence-corrected chi connectivity index (χ3v) is 2.30. The molecule has 0 aromatic heterocycles. The molecule has 0 spiro atoms. The number of hydrogen-bond donors (Lipinski definition) is 0. The van der Waals surface area contributed by atoms with Crippen LogP contribution in [0.15, 0.2) is 29.3 Å². The Bertz CT molecular complexity index is 517. The van der Waals surface area contributed by atoms with Crippen LogP contribution in [0, 0.1) is 11.3 Å². The topological polar surface area (TPSA) is 62.4 Å². The van der Waals surface area contributed by atoms with Crippen molar-refractivity contribution in [3.63, 3.8) is 0 Å². The van der Waals surface area contributed by atoms with Gasteiger partial charge in [-0.25, -0.2) is 0 Å². The van der Waals surface area contributed by atoms with E-state index in [2.05, 4.69) is 11.1 Å². The van der Waals surface area contributed by atoms with Crippen molar-refractivity contribution in [3.05, 3.63) is 35.4 Å². The summed E-state index contributed by atoms with van der Waals surface area (Å²) in [7, 11) is 0. The lowest BCUT2D eigenvalue weighted by atomic mass is 10.1. The average Bonchev–Trinajstić information content (AvgIpc) is 2.34. The third kappa shape index (κ3) is 5.35. The summed E-state index contributed by atoms with van der Waals surface area (Å²) in [4.78, 5) is 15.7. The van der Waals surface area contributed by atoms with Crippen LogP contribution in [0.3, 0.4) is 0 Å². The SMILES string of the molecule is C/C(=N\CC(=O)OC(C)(C)C)c1ccc(C#N)cc1. The van der Waals surface area contributed by atoms with Crippen LogP contribution < -0.4 is 0 Å². The van der Waals surface area contributed by atoms with Crippen LogP contribution in [0.4, 0.5) is 0 Å². The Hall–Kier alpha value is -2.15. The van der Waals surface area contributed by atoms with E-state index in [-0.39, 0.29) is 12.5 Å². The quantitative estimate of drug-likeness (QED) is 0.618. The standard InChI is InChI=1S/C15H18N2O2/c1-11(13-7-5-12(9-16)6-8-13)17-10-14(18)19-15(2,3)4/h5-8H,10H2,1-4H3/b17-11+. The van der Waals surface area contributed by atoms with Gasteiger partial charge in [-0.3, -0.25) is 9.79 Å². The normalized spacial score (nSPS) is 11.8. The van der Waals surface area contributed by atoms with E-state index in [0.29, 0.717) is 5.56 Å². The minimum atomic E-state index is -0.491. The highest BCUT2D eigenvalue weighted by Crippen LogP contribution is 2.08. The van der Waals surface area contributed by atoms with Crippen molar-refractivity contribution >= 4 is 11.7 Å². The first-order valence-corrected chi connectivity index (χ1v) is 6.05. The van der Waals surface area contributed by atoms with E-state index < -0.39 is 5.60 Å². The third-order valence-electron chi connectivity index (χ3n) is 2.30. The highest BCUT2D eigenvalue weighted by Gasteiger charge is 2.15. The molecule has 1 aromatic carbocycles. The van der Waals surface area contributed by atoms with E-state index in [1.807, 2.05) is 39.8 Å². The predicted molar refractivity (Wildman–Crippen MR) is 74.1 cm³/mol. The van der Waals surface area contributed by atoms with E-state index in [1.54, 1.807) is 12.1 Å². The molecule has 0 aliphatic carbocycles. The molecule has 0 aliphatic heterocycles. The van der Waals surface area contributed by atoms with Crippen LogP contribution in [-0.4, -0.2) is 23.8 Å². The van der Waals surface area contributed by atoms with Crippen molar-refractivity contribution in [2.75, 3.05) is 6.54 Å². The summed E-state index contributed by atoms with van der Waals surface area (Å²) in [6, 6.07) is 9.13. The van der Waals surface area contributed by atoms with Gasteiger partial charge in [0.1, 0.15) is 12.1 Å². The molecule has 1 rings (SSSR count). The van der Waals surface area contributed by atoms with Crippen molar-refractivity contribution in [1.29, 1.82) is 5.26 Å². The molecule has 19 heavy (non-hydrogen) atoms. The number of carbonyl (C=O) groups excluding carboxylic acids is 1. The summed E-state index contributed by atoms with van der Waals surface area (Å²) in [6.45, 7) is 7.29.